The van der Waals surface area contributed by atoms with Gasteiger partial charge in [-0.1, -0.05) is 31.2 Å². The van der Waals surface area contributed by atoms with E-state index >= 15 is 0 Å². The van der Waals surface area contributed by atoms with Gasteiger partial charge < -0.3 is 15.4 Å². The van der Waals surface area contributed by atoms with Gasteiger partial charge in [-0.3, -0.25) is 9.78 Å². The third-order valence-electron chi connectivity index (χ3n) is 6.72. The van der Waals surface area contributed by atoms with E-state index in [0.717, 1.165) is 33.7 Å². The Morgan fingerprint density at radius 3 is 2.48 bits per heavy atom. The predicted octanol–water partition coefficient (Wildman–Crippen LogP) is 6.35. The topological polar surface area (TPSA) is 110 Å². The monoisotopic (exact) mass is 554 g/mol. The molecule has 0 unspecified atom stereocenters. The minimum absolute atomic E-state index is 0.0158. The van der Waals surface area contributed by atoms with Crippen LogP contribution in [-0.4, -0.2) is 36.1 Å². The average Bonchev–Trinajstić information content (AvgIpc) is 2.97. The molecule has 0 radical (unpaired) electrons. The highest BCUT2D eigenvalue weighted by atomic mass is 32.2. The third kappa shape index (κ3) is 5.60. The first kappa shape index (κ1) is 27.1. The van der Waals surface area contributed by atoms with E-state index < -0.39 is 15.1 Å². The van der Waals surface area contributed by atoms with Gasteiger partial charge in [0, 0.05) is 35.1 Å². The third-order valence-corrected chi connectivity index (χ3v) is 8.79. The lowest BCUT2D eigenvalue weighted by Gasteiger charge is -2.25. The van der Waals surface area contributed by atoms with E-state index in [1.807, 2.05) is 61.5 Å². The molecule has 9 heteroatoms. The molecule has 2 aromatic heterocycles. The first-order valence-corrected chi connectivity index (χ1v) is 14.6. The Bertz CT molecular complexity index is 1680. The van der Waals surface area contributed by atoms with Gasteiger partial charge >= 0.3 is 0 Å². The number of nitrogens with zero attached hydrogens (tertiary/aromatic N) is 2. The molecule has 0 saturated carbocycles. The minimum Gasteiger partial charge on any atom is -0.456 e. The molecule has 1 amide bonds. The Kier molecular flexibility index (Phi) is 7.66. The summed E-state index contributed by atoms with van der Waals surface area (Å²) in [5.41, 5.74) is 5.34. The van der Waals surface area contributed by atoms with Crippen molar-refractivity contribution in [1.29, 1.82) is 0 Å². The molecule has 1 aliphatic rings. The molecule has 3 heterocycles. The van der Waals surface area contributed by atoms with E-state index in [1.165, 1.54) is 12.3 Å². The van der Waals surface area contributed by atoms with Gasteiger partial charge in [0.2, 0.25) is 0 Å². The summed E-state index contributed by atoms with van der Waals surface area (Å²) in [5.74, 6) is 1.05. The zero-order valence-corrected chi connectivity index (χ0v) is 23.3. The molecule has 0 spiro atoms. The van der Waals surface area contributed by atoms with Crippen molar-refractivity contribution < 1.29 is 17.9 Å². The fourth-order valence-electron chi connectivity index (χ4n) is 4.46. The summed E-state index contributed by atoms with van der Waals surface area (Å²) >= 11 is 0. The van der Waals surface area contributed by atoms with Gasteiger partial charge in [0.25, 0.3) is 5.91 Å². The Morgan fingerprint density at radius 1 is 0.975 bits per heavy atom. The van der Waals surface area contributed by atoms with Gasteiger partial charge in [0.1, 0.15) is 11.5 Å². The van der Waals surface area contributed by atoms with Crippen molar-refractivity contribution in [2.75, 3.05) is 17.2 Å². The predicted molar refractivity (Wildman–Crippen MR) is 157 cm³/mol. The van der Waals surface area contributed by atoms with E-state index in [2.05, 4.69) is 20.6 Å². The highest BCUT2D eigenvalue weighted by Gasteiger charge is 2.25. The summed E-state index contributed by atoms with van der Waals surface area (Å²) in [6, 6.07) is 20.3. The Labute approximate surface area is 234 Å². The number of carbonyl (C=O) groups excluding carboxylic acids is 1. The fourth-order valence-corrected chi connectivity index (χ4v) is 5.41. The van der Waals surface area contributed by atoms with Gasteiger partial charge in [-0.2, -0.15) is 0 Å². The molecule has 0 bridgehead atoms. The lowest BCUT2D eigenvalue weighted by atomic mass is 9.90. The second-order valence-electron chi connectivity index (χ2n) is 9.70. The summed E-state index contributed by atoms with van der Waals surface area (Å²) in [5, 5.41) is 5.72. The summed E-state index contributed by atoms with van der Waals surface area (Å²) in [6.07, 6.45) is 5.49. The van der Waals surface area contributed by atoms with Crippen molar-refractivity contribution in [2.45, 2.75) is 37.5 Å². The Morgan fingerprint density at radius 2 is 1.77 bits per heavy atom. The second kappa shape index (κ2) is 11.3. The summed E-state index contributed by atoms with van der Waals surface area (Å²) in [7, 11) is -3.50. The number of ether oxygens (including phenoxy) is 1. The van der Waals surface area contributed by atoms with Crippen molar-refractivity contribution in [2.24, 2.45) is 0 Å². The highest BCUT2D eigenvalue weighted by Crippen LogP contribution is 2.37. The van der Waals surface area contributed by atoms with Crippen LogP contribution in [0, 0.1) is 0 Å². The maximum atomic E-state index is 13.6. The van der Waals surface area contributed by atoms with Gasteiger partial charge in [0.15, 0.2) is 14.9 Å². The fraction of sp³-hybridized carbons (Fsp3) is 0.194. The first-order chi connectivity index (χ1) is 19.3. The number of pyridine rings is 2. The molecular formula is C31H30N4O4S. The van der Waals surface area contributed by atoms with Crippen molar-refractivity contribution in [3.63, 3.8) is 0 Å². The van der Waals surface area contributed by atoms with Gasteiger partial charge in [-0.05, 0) is 73.9 Å². The molecule has 5 rings (SSSR count). The smallest absolute Gasteiger partial charge is 0.256 e. The normalized spacial score (nSPS) is 13.0. The van der Waals surface area contributed by atoms with E-state index in [9.17, 15) is 13.2 Å². The molecule has 8 nitrogen and oxygen atoms in total. The number of nitrogens with one attached hydrogen (secondary N) is 2. The molecule has 0 fully saturated rings. The first-order valence-electron chi connectivity index (χ1n) is 13.1. The summed E-state index contributed by atoms with van der Waals surface area (Å²) in [4.78, 5) is 22.1. The molecule has 0 atom stereocenters. The van der Waals surface area contributed by atoms with Crippen LogP contribution in [0.3, 0.4) is 0 Å². The minimum atomic E-state index is -3.50. The van der Waals surface area contributed by atoms with E-state index in [1.54, 1.807) is 32.3 Å². The maximum Gasteiger partial charge on any atom is 0.256 e. The number of fused-ring (bicyclic) bond motifs is 1. The van der Waals surface area contributed by atoms with E-state index in [-0.39, 0.29) is 10.9 Å². The van der Waals surface area contributed by atoms with Gasteiger partial charge in [0.05, 0.1) is 23.3 Å². The molecule has 1 aliphatic heterocycles. The van der Waals surface area contributed by atoms with Crippen LogP contribution in [0.15, 0.2) is 95.9 Å². The van der Waals surface area contributed by atoms with Crippen LogP contribution in [0.5, 0.6) is 11.5 Å². The lowest BCUT2D eigenvalue weighted by Crippen LogP contribution is -2.23. The molecule has 0 aliphatic carbocycles. The average molecular weight is 555 g/mol. The van der Waals surface area contributed by atoms with Crippen molar-refractivity contribution >= 4 is 32.7 Å². The number of hydrogen-bond donors (Lipinski definition) is 2. The van der Waals surface area contributed by atoms with Crippen molar-refractivity contribution in [1.82, 2.24) is 9.97 Å². The van der Waals surface area contributed by atoms with Crippen LogP contribution in [-0.2, 0) is 14.6 Å². The van der Waals surface area contributed by atoms with Gasteiger partial charge in [-0.25, -0.2) is 13.4 Å². The quantitative estimate of drug-likeness (QED) is 0.261. The number of hydrogen-bond acceptors (Lipinski definition) is 7. The SMILES string of the molecule is CCC1=C(C(=O)Nc2ccc(S(=O)(=O)C(C)C)nc2)c2cc(-c3cncc(Oc4ccccc4)c3)ccc2NC1. The number of rotatable bonds is 8. The van der Waals surface area contributed by atoms with Crippen LogP contribution < -0.4 is 15.4 Å². The molecule has 2 N–H and O–H groups in total. The van der Waals surface area contributed by atoms with E-state index in [4.69, 9.17) is 4.74 Å². The summed E-state index contributed by atoms with van der Waals surface area (Å²) in [6.45, 7) is 5.78. The molecule has 204 valence electrons. The lowest BCUT2D eigenvalue weighted by molar-refractivity contribution is -0.111. The van der Waals surface area contributed by atoms with Crippen LogP contribution in [0.4, 0.5) is 11.4 Å². The molecule has 2 aromatic carbocycles. The van der Waals surface area contributed by atoms with Crippen molar-refractivity contribution in [3.8, 4) is 22.6 Å². The number of amides is 1. The molecule has 40 heavy (non-hydrogen) atoms. The van der Waals surface area contributed by atoms with Crippen LogP contribution in [0.25, 0.3) is 16.7 Å². The number of para-hydroxylation sites is 1. The number of anilines is 2. The number of carbonyl (C=O) groups is 1. The van der Waals surface area contributed by atoms with Crippen molar-refractivity contribution in [3.05, 3.63) is 96.5 Å². The largest absolute Gasteiger partial charge is 0.456 e. The molecular weight excluding hydrogens is 524 g/mol. The molecule has 0 saturated heterocycles. The van der Waals surface area contributed by atoms with Gasteiger partial charge in [-0.15, -0.1) is 0 Å². The maximum absolute atomic E-state index is 13.6. The number of benzene rings is 2. The second-order valence-corrected chi connectivity index (χ2v) is 12.2. The number of sulfone groups is 1. The standard InChI is InChI=1S/C31H30N4O4S/c1-4-21-17-33-28-12-10-22(23-14-26(19-32-16-23)39-25-8-6-5-7-9-25)15-27(28)30(21)31(36)35-24-11-13-29(34-18-24)40(37,38)20(2)3/h5-16,18-20,33H,4,17H2,1-3H3,(H,35,36). The highest BCUT2D eigenvalue weighted by molar-refractivity contribution is 7.91. The Hall–Kier alpha value is -4.50. The zero-order chi connectivity index (χ0) is 28.3. The summed E-state index contributed by atoms with van der Waals surface area (Å²) < 4.78 is 30.8. The van der Waals surface area contributed by atoms with Crippen LogP contribution in [0.1, 0.15) is 32.8 Å². The van der Waals surface area contributed by atoms with E-state index in [0.29, 0.717) is 30.0 Å². The zero-order valence-electron chi connectivity index (χ0n) is 22.5. The number of aromatic nitrogens is 2. The van der Waals surface area contributed by atoms with Crippen LogP contribution in [0.2, 0.25) is 0 Å². The Balaban J connectivity index is 1.44. The molecule has 4 aromatic rings. The van der Waals surface area contributed by atoms with Crippen LogP contribution >= 0.6 is 0 Å².